The van der Waals surface area contributed by atoms with Crippen LogP contribution in [0.2, 0.25) is 0 Å². The van der Waals surface area contributed by atoms with Gasteiger partial charge in [0.15, 0.2) is 5.82 Å². The molecule has 0 saturated carbocycles. The molecule has 0 amide bonds. The Hall–Kier alpha value is -1.16. The van der Waals surface area contributed by atoms with Crippen LogP contribution in [0, 0.1) is 11.6 Å². The maximum atomic E-state index is 13.5. The third-order valence-electron chi connectivity index (χ3n) is 2.42. The number of aryl methyl sites for hydroxylation is 1. The summed E-state index contributed by atoms with van der Waals surface area (Å²) in [5.74, 6) is -0.474. The van der Waals surface area contributed by atoms with Gasteiger partial charge in [-0.2, -0.15) is 0 Å². The van der Waals surface area contributed by atoms with Crippen LogP contribution in [0.4, 0.5) is 8.78 Å². The summed E-state index contributed by atoms with van der Waals surface area (Å²) in [5.41, 5.74) is 0.653. The first-order valence-electron chi connectivity index (χ1n) is 5.07. The molecular formula is C11H11ClF2N2. The van der Waals surface area contributed by atoms with Crippen LogP contribution < -0.4 is 0 Å². The summed E-state index contributed by atoms with van der Waals surface area (Å²) in [4.78, 5) is 4.08. The third-order valence-corrected chi connectivity index (χ3v) is 2.66. The van der Waals surface area contributed by atoms with Crippen LogP contribution in [-0.4, -0.2) is 9.55 Å². The quantitative estimate of drug-likeness (QED) is 0.756. The lowest BCUT2D eigenvalue weighted by atomic mass is 10.3. The fourth-order valence-electron chi connectivity index (χ4n) is 1.77. The van der Waals surface area contributed by atoms with Crippen LogP contribution in [0.5, 0.6) is 0 Å². The van der Waals surface area contributed by atoms with Crippen molar-refractivity contribution in [3.05, 3.63) is 29.6 Å². The molecule has 0 atom stereocenters. The van der Waals surface area contributed by atoms with Gasteiger partial charge < -0.3 is 4.57 Å². The molecule has 2 rings (SSSR count). The predicted octanol–water partition coefficient (Wildman–Crippen LogP) is 3.46. The Labute approximate surface area is 96.8 Å². The Morgan fingerprint density at radius 1 is 1.38 bits per heavy atom. The van der Waals surface area contributed by atoms with Crippen molar-refractivity contribution in [3.63, 3.8) is 0 Å². The highest BCUT2D eigenvalue weighted by Gasteiger charge is 2.14. The molecule has 1 aromatic carbocycles. The van der Waals surface area contributed by atoms with E-state index in [-0.39, 0.29) is 11.4 Å². The highest BCUT2D eigenvalue weighted by atomic mass is 35.5. The molecule has 0 fully saturated rings. The molecule has 0 saturated heterocycles. The molecule has 0 bridgehead atoms. The first-order chi connectivity index (χ1) is 7.67. The smallest absolute Gasteiger partial charge is 0.153 e. The minimum atomic E-state index is -0.642. The van der Waals surface area contributed by atoms with Gasteiger partial charge in [-0.3, -0.25) is 0 Å². The van der Waals surface area contributed by atoms with Gasteiger partial charge in [-0.1, -0.05) is 6.92 Å². The summed E-state index contributed by atoms with van der Waals surface area (Å²) < 4.78 is 28.3. The van der Waals surface area contributed by atoms with Crippen LogP contribution in [0.3, 0.4) is 0 Å². The van der Waals surface area contributed by atoms with Crippen LogP contribution >= 0.6 is 11.6 Å². The molecule has 1 aromatic heterocycles. The van der Waals surface area contributed by atoms with E-state index in [1.54, 1.807) is 4.57 Å². The van der Waals surface area contributed by atoms with Gasteiger partial charge in [0.2, 0.25) is 0 Å². The molecule has 0 aliphatic rings. The van der Waals surface area contributed by atoms with Crippen molar-refractivity contribution in [1.82, 2.24) is 9.55 Å². The lowest BCUT2D eigenvalue weighted by molar-refractivity contribution is 0.589. The van der Waals surface area contributed by atoms with Crippen LogP contribution in [-0.2, 0) is 12.4 Å². The number of alkyl halides is 1. The first kappa shape index (κ1) is 11.3. The number of aromatic nitrogens is 2. The SMILES string of the molecule is CCCn1c(CCl)nc2c(F)cc(F)cc21. The lowest BCUT2D eigenvalue weighted by Crippen LogP contribution is -2.01. The zero-order valence-electron chi connectivity index (χ0n) is 8.80. The fraction of sp³-hybridized carbons (Fsp3) is 0.364. The summed E-state index contributed by atoms with van der Waals surface area (Å²) in [6.45, 7) is 2.64. The molecule has 2 nitrogen and oxygen atoms in total. The number of nitrogens with zero attached hydrogens (tertiary/aromatic N) is 2. The zero-order chi connectivity index (χ0) is 11.7. The topological polar surface area (TPSA) is 17.8 Å². The summed E-state index contributed by atoms with van der Waals surface area (Å²) >= 11 is 5.73. The van der Waals surface area contributed by atoms with Crippen molar-refractivity contribution in [2.75, 3.05) is 0 Å². The molecule has 0 N–H and O–H groups in total. The maximum absolute atomic E-state index is 13.5. The molecule has 0 spiro atoms. The van der Waals surface area contributed by atoms with Gasteiger partial charge in [-0.05, 0) is 12.5 Å². The first-order valence-corrected chi connectivity index (χ1v) is 5.61. The Morgan fingerprint density at radius 3 is 2.75 bits per heavy atom. The van der Waals surface area contributed by atoms with E-state index in [2.05, 4.69) is 4.98 Å². The molecule has 0 aliphatic carbocycles. The van der Waals surface area contributed by atoms with Gasteiger partial charge in [0.25, 0.3) is 0 Å². The Balaban J connectivity index is 2.73. The van der Waals surface area contributed by atoms with E-state index in [1.165, 1.54) is 6.07 Å². The number of hydrogen-bond acceptors (Lipinski definition) is 1. The Kier molecular flexibility index (Phi) is 3.10. The van der Waals surface area contributed by atoms with Crippen molar-refractivity contribution in [2.45, 2.75) is 25.8 Å². The van der Waals surface area contributed by atoms with Crippen molar-refractivity contribution in [2.24, 2.45) is 0 Å². The van der Waals surface area contributed by atoms with Crippen molar-refractivity contribution < 1.29 is 8.78 Å². The third kappa shape index (κ3) is 1.78. The van der Waals surface area contributed by atoms with Crippen molar-refractivity contribution in [1.29, 1.82) is 0 Å². The molecule has 0 radical (unpaired) electrons. The van der Waals surface area contributed by atoms with Crippen LogP contribution in [0.1, 0.15) is 19.2 Å². The van der Waals surface area contributed by atoms with E-state index < -0.39 is 11.6 Å². The van der Waals surface area contributed by atoms with E-state index in [9.17, 15) is 8.78 Å². The number of fused-ring (bicyclic) bond motifs is 1. The molecule has 1 heterocycles. The standard InChI is InChI=1S/C11H11ClF2N2/c1-2-3-16-9-5-7(13)4-8(14)11(9)15-10(16)6-12/h4-5H,2-3,6H2,1H3. The van der Waals surface area contributed by atoms with Gasteiger partial charge in [-0.25, -0.2) is 13.8 Å². The Bertz CT molecular complexity index is 522. The molecule has 0 unspecified atom stereocenters. The van der Waals surface area contributed by atoms with E-state index in [4.69, 9.17) is 11.6 Å². The number of halogens is 3. The molecule has 86 valence electrons. The van der Waals surface area contributed by atoms with E-state index >= 15 is 0 Å². The normalized spacial score (nSPS) is 11.2. The highest BCUT2D eigenvalue weighted by Crippen LogP contribution is 2.22. The summed E-state index contributed by atoms with van der Waals surface area (Å²) in [5, 5.41) is 0. The van der Waals surface area contributed by atoms with Gasteiger partial charge >= 0.3 is 0 Å². The monoisotopic (exact) mass is 244 g/mol. The molecular weight excluding hydrogens is 234 g/mol. The van der Waals surface area contributed by atoms with Crippen LogP contribution in [0.25, 0.3) is 11.0 Å². The second-order valence-corrected chi connectivity index (χ2v) is 3.84. The van der Waals surface area contributed by atoms with E-state index in [0.717, 1.165) is 12.5 Å². The van der Waals surface area contributed by atoms with E-state index in [0.29, 0.717) is 17.9 Å². The molecule has 16 heavy (non-hydrogen) atoms. The lowest BCUT2D eigenvalue weighted by Gasteiger charge is -2.05. The number of hydrogen-bond donors (Lipinski definition) is 0. The Morgan fingerprint density at radius 2 is 2.12 bits per heavy atom. The largest absolute Gasteiger partial charge is 0.327 e. The predicted molar refractivity (Wildman–Crippen MR) is 59.5 cm³/mol. The number of rotatable bonds is 3. The van der Waals surface area contributed by atoms with Gasteiger partial charge in [0.1, 0.15) is 17.2 Å². The average molecular weight is 245 g/mol. The second kappa shape index (κ2) is 4.37. The molecule has 2 aromatic rings. The van der Waals surface area contributed by atoms with Crippen LogP contribution in [0.15, 0.2) is 12.1 Å². The molecule has 0 aliphatic heterocycles. The number of benzene rings is 1. The zero-order valence-corrected chi connectivity index (χ0v) is 9.56. The summed E-state index contributed by atoms with van der Waals surface area (Å²) in [6, 6.07) is 2.13. The minimum absolute atomic E-state index is 0.186. The maximum Gasteiger partial charge on any atom is 0.153 e. The summed E-state index contributed by atoms with van der Waals surface area (Å²) in [6.07, 6.45) is 0.855. The minimum Gasteiger partial charge on any atom is -0.327 e. The van der Waals surface area contributed by atoms with Gasteiger partial charge in [-0.15, -0.1) is 11.6 Å². The van der Waals surface area contributed by atoms with Crippen molar-refractivity contribution >= 4 is 22.6 Å². The highest BCUT2D eigenvalue weighted by molar-refractivity contribution is 6.16. The number of imidazole rings is 1. The summed E-state index contributed by atoms with van der Waals surface area (Å²) in [7, 11) is 0. The second-order valence-electron chi connectivity index (χ2n) is 3.57. The van der Waals surface area contributed by atoms with Crippen molar-refractivity contribution in [3.8, 4) is 0 Å². The van der Waals surface area contributed by atoms with Gasteiger partial charge in [0.05, 0.1) is 11.4 Å². The average Bonchev–Trinajstić information content (AvgIpc) is 2.58. The fourth-order valence-corrected chi connectivity index (χ4v) is 1.98. The molecule has 5 heteroatoms. The van der Waals surface area contributed by atoms with Gasteiger partial charge in [0, 0.05) is 12.6 Å². The van der Waals surface area contributed by atoms with E-state index in [1.807, 2.05) is 6.92 Å².